The third-order valence-corrected chi connectivity index (χ3v) is 1.88. The Hall–Kier alpha value is -1.31. The number of hydrogen-bond acceptors (Lipinski definition) is 1. The molecule has 2 nitrogen and oxygen atoms in total. The summed E-state index contributed by atoms with van der Waals surface area (Å²) >= 11 is 0. The van der Waals surface area contributed by atoms with Gasteiger partial charge in [0.05, 0.1) is 0 Å². The van der Waals surface area contributed by atoms with Gasteiger partial charge in [-0.25, -0.2) is 0 Å². The van der Waals surface area contributed by atoms with E-state index in [1.54, 1.807) is 0 Å². The fraction of sp³-hybridized carbons (Fsp3) is 0.375. The summed E-state index contributed by atoms with van der Waals surface area (Å²) in [5.41, 5.74) is -4.92. The molecule has 0 bridgehead atoms. The summed E-state index contributed by atoms with van der Waals surface area (Å²) in [5, 5.41) is 8.87. The zero-order valence-electron chi connectivity index (χ0n) is 7.55. The normalized spacial score (nSPS) is 13.9. The average molecular weight is 246 g/mol. The van der Waals surface area contributed by atoms with E-state index in [0.717, 1.165) is 12.1 Å². The summed E-state index contributed by atoms with van der Waals surface area (Å²) in [5.74, 6) is 0. The Morgan fingerprint density at radius 1 is 0.750 bits per heavy atom. The lowest BCUT2D eigenvalue weighted by molar-refractivity contribution is -0.861. The monoisotopic (exact) mass is 246 g/mol. The number of hydrogen-bond donors (Lipinski definition) is 1. The molecule has 0 fully saturated rings. The minimum Gasteiger partial charge on any atom is -0.320 e. The molecule has 0 atom stereocenters. The van der Waals surface area contributed by atoms with Crippen LogP contribution in [0, 0.1) is 0 Å². The molecule has 0 aliphatic carbocycles. The summed E-state index contributed by atoms with van der Waals surface area (Å²) in [6.07, 6.45) is -10.8. The molecule has 0 aliphatic heterocycles. The second kappa shape index (κ2) is 3.62. The third-order valence-electron chi connectivity index (χ3n) is 1.88. The van der Waals surface area contributed by atoms with E-state index in [-0.39, 0.29) is 4.57 Å². The maximum Gasteiger partial charge on any atom is 0.494 e. The van der Waals surface area contributed by atoms with Crippen molar-refractivity contribution < 1.29 is 36.0 Å². The molecule has 90 valence electrons. The fourth-order valence-electron chi connectivity index (χ4n) is 1.07. The Kier molecular flexibility index (Phi) is 2.88. The van der Waals surface area contributed by atoms with E-state index in [9.17, 15) is 26.3 Å². The van der Waals surface area contributed by atoms with Crippen LogP contribution in [0.3, 0.4) is 0 Å². The van der Waals surface area contributed by atoms with Gasteiger partial charge in [-0.05, 0) is 0 Å². The van der Waals surface area contributed by atoms with E-state index in [1.165, 1.54) is 6.07 Å². The van der Waals surface area contributed by atoms with Crippen LogP contribution in [-0.4, -0.2) is 17.5 Å². The summed E-state index contributed by atoms with van der Waals surface area (Å²) in [4.78, 5) is 0. The molecule has 0 unspecified atom stereocenters. The first-order valence-corrected chi connectivity index (χ1v) is 3.93. The Labute approximate surface area is 85.7 Å². The molecule has 0 saturated carbocycles. The zero-order valence-corrected chi connectivity index (χ0v) is 7.55. The van der Waals surface area contributed by atoms with Crippen molar-refractivity contribution in [3.8, 4) is 0 Å². The highest BCUT2D eigenvalue weighted by Crippen LogP contribution is 2.42. The highest BCUT2D eigenvalue weighted by Gasteiger charge is 2.79. The van der Waals surface area contributed by atoms with Gasteiger partial charge in [0.25, 0.3) is 0 Å². The molecule has 0 amide bonds. The maximum atomic E-state index is 12.3. The first-order valence-electron chi connectivity index (χ1n) is 3.93. The summed E-state index contributed by atoms with van der Waals surface area (Å²) in [6, 6.07) is 3.12. The van der Waals surface area contributed by atoms with Crippen LogP contribution in [0.4, 0.5) is 26.3 Å². The lowest BCUT2D eigenvalue weighted by atomic mass is 10.2. The molecule has 0 aromatic carbocycles. The maximum absolute atomic E-state index is 12.3. The SMILES string of the molecule is OC([n+]1ccccc1)(C(F)(F)F)C(F)(F)F. The van der Waals surface area contributed by atoms with Crippen molar-refractivity contribution in [3.63, 3.8) is 0 Å². The van der Waals surface area contributed by atoms with Gasteiger partial charge in [-0.3, -0.25) is 0 Å². The number of nitrogens with zero attached hydrogens (tertiary/aromatic N) is 1. The summed E-state index contributed by atoms with van der Waals surface area (Å²) in [6.45, 7) is 0. The van der Waals surface area contributed by atoms with Crippen molar-refractivity contribution in [2.24, 2.45) is 0 Å². The lowest BCUT2D eigenvalue weighted by Gasteiger charge is -2.26. The van der Waals surface area contributed by atoms with Crippen LogP contribution in [0.25, 0.3) is 0 Å². The van der Waals surface area contributed by atoms with Crippen LogP contribution >= 0.6 is 0 Å². The second-order valence-corrected chi connectivity index (χ2v) is 2.95. The van der Waals surface area contributed by atoms with Crippen LogP contribution in [0.1, 0.15) is 0 Å². The minimum atomic E-state index is -5.86. The third kappa shape index (κ3) is 1.84. The van der Waals surface area contributed by atoms with Gasteiger partial charge in [0.1, 0.15) is 0 Å². The molecule has 8 heteroatoms. The predicted octanol–water partition coefficient (Wildman–Crippen LogP) is 1.74. The van der Waals surface area contributed by atoms with Gasteiger partial charge >= 0.3 is 18.1 Å². The van der Waals surface area contributed by atoms with Crippen molar-refractivity contribution in [3.05, 3.63) is 30.6 Å². The van der Waals surface area contributed by atoms with Gasteiger partial charge in [0.15, 0.2) is 12.4 Å². The Morgan fingerprint density at radius 3 is 1.44 bits per heavy atom. The molecule has 1 heterocycles. The van der Waals surface area contributed by atoms with Crippen LogP contribution in [-0.2, 0) is 5.72 Å². The minimum absolute atomic E-state index is 0.340. The van der Waals surface area contributed by atoms with Gasteiger partial charge in [0.2, 0.25) is 0 Å². The molecule has 1 rings (SSSR count). The van der Waals surface area contributed by atoms with Gasteiger partial charge in [-0.15, -0.1) is 0 Å². The topological polar surface area (TPSA) is 24.1 Å². The summed E-state index contributed by atoms with van der Waals surface area (Å²) < 4.78 is 73.4. The van der Waals surface area contributed by atoms with Crippen molar-refractivity contribution in [1.29, 1.82) is 0 Å². The van der Waals surface area contributed by atoms with E-state index in [2.05, 4.69) is 0 Å². The van der Waals surface area contributed by atoms with Crippen LogP contribution in [0.15, 0.2) is 30.6 Å². The van der Waals surface area contributed by atoms with E-state index in [4.69, 9.17) is 5.11 Å². The standard InChI is InChI=1S/C8H6F6NO/c9-7(10,11)6(16,8(12,13)14)15-4-2-1-3-5-15/h1-5,16H/q+1. The molecular weight excluding hydrogens is 240 g/mol. The van der Waals surface area contributed by atoms with Gasteiger partial charge in [-0.2, -0.15) is 30.9 Å². The van der Waals surface area contributed by atoms with E-state index >= 15 is 0 Å². The van der Waals surface area contributed by atoms with Crippen LogP contribution < -0.4 is 4.57 Å². The molecule has 1 aromatic heterocycles. The van der Waals surface area contributed by atoms with Crippen molar-refractivity contribution >= 4 is 0 Å². The number of aliphatic hydroxyl groups is 1. The zero-order chi connectivity index (χ0) is 12.6. The first-order chi connectivity index (χ1) is 7.11. The van der Waals surface area contributed by atoms with Gasteiger partial charge in [0, 0.05) is 12.1 Å². The summed E-state index contributed by atoms with van der Waals surface area (Å²) in [7, 11) is 0. The molecular formula is C8H6F6NO+. The Balaban J connectivity index is 3.39. The quantitative estimate of drug-likeness (QED) is 0.592. The molecule has 0 spiro atoms. The fourth-order valence-corrected chi connectivity index (χ4v) is 1.07. The second-order valence-electron chi connectivity index (χ2n) is 2.95. The average Bonchev–Trinajstić information content (AvgIpc) is 2.14. The van der Waals surface area contributed by atoms with Crippen molar-refractivity contribution in [2.45, 2.75) is 18.1 Å². The lowest BCUT2D eigenvalue weighted by Crippen LogP contribution is -2.72. The van der Waals surface area contributed by atoms with E-state index in [0.29, 0.717) is 12.4 Å². The van der Waals surface area contributed by atoms with Crippen molar-refractivity contribution in [2.75, 3.05) is 0 Å². The van der Waals surface area contributed by atoms with E-state index < -0.39 is 18.1 Å². The number of rotatable bonds is 1. The molecule has 16 heavy (non-hydrogen) atoms. The number of pyridine rings is 1. The molecule has 1 N–H and O–H groups in total. The Bertz CT molecular complexity index is 343. The molecule has 0 saturated heterocycles. The highest BCUT2D eigenvalue weighted by molar-refractivity contribution is 4.87. The Morgan fingerprint density at radius 2 is 1.12 bits per heavy atom. The van der Waals surface area contributed by atoms with Crippen molar-refractivity contribution in [1.82, 2.24) is 0 Å². The van der Waals surface area contributed by atoms with E-state index in [1.807, 2.05) is 0 Å². The number of halogens is 6. The van der Waals surface area contributed by atoms with Crippen LogP contribution in [0.2, 0.25) is 0 Å². The largest absolute Gasteiger partial charge is 0.494 e. The number of alkyl halides is 6. The predicted molar refractivity (Wildman–Crippen MR) is 38.9 cm³/mol. The molecule has 0 radical (unpaired) electrons. The molecule has 0 aliphatic rings. The number of aromatic nitrogens is 1. The molecule has 1 aromatic rings. The van der Waals surface area contributed by atoms with Gasteiger partial charge < -0.3 is 5.11 Å². The highest BCUT2D eigenvalue weighted by atomic mass is 19.4. The van der Waals surface area contributed by atoms with Crippen LogP contribution in [0.5, 0.6) is 0 Å². The first kappa shape index (κ1) is 12.8. The smallest absolute Gasteiger partial charge is 0.320 e. The van der Waals surface area contributed by atoms with Gasteiger partial charge in [-0.1, -0.05) is 6.07 Å².